The molecule has 0 radical (unpaired) electrons. The number of H-pyrrole nitrogens is 1. The normalized spacial score (nSPS) is 12.3. The number of nitrogens with one attached hydrogen (secondary N) is 1. The van der Waals surface area contributed by atoms with Gasteiger partial charge in [-0.25, -0.2) is 13.8 Å². The highest BCUT2D eigenvalue weighted by molar-refractivity contribution is 8.00. The molecule has 3 aromatic rings. The first-order valence-electron chi connectivity index (χ1n) is 6.67. The van der Waals surface area contributed by atoms with Crippen LogP contribution in [0.2, 0.25) is 0 Å². The van der Waals surface area contributed by atoms with Crippen LogP contribution in [0.3, 0.4) is 0 Å². The van der Waals surface area contributed by atoms with Crippen LogP contribution >= 0.6 is 23.1 Å². The standard InChI is InChI=1S/C15H11F2N3OS2/c1-8(13(21)10-5-4-9(16)7-11(10)17)23-15-18-14(19-20-15)12-3-2-6-22-12/h2-8H,1H3,(H,18,19,20). The van der Waals surface area contributed by atoms with Gasteiger partial charge in [-0.05, 0) is 30.5 Å². The number of nitrogens with zero attached hydrogens (tertiary/aromatic N) is 2. The molecule has 0 bridgehead atoms. The van der Waals surface area contributed by atoms with Gasteiger partial charge in [0.1, 0.15) is 11.6 Å². The number of hydrogen-bond donors (Lipinski definition) is 1. The molecule has 3 rings (SSSR count). The molecule has 1 unspecified atom stereocenters. The van der Waals surface area contributed by atoms with E-state index < -0.39 is 22.7 Å². The minimum atomic E-state index is -0.864. The predicted molar refractivity (Wildman–Crippen MR) is 85.7 cm³/mol. The number of benzene rings is 1. The van der Waals surface area contributed by atoms with Gasteiger partial charge in [-0.3, -0.25) is 9.89 Å². The molecule has 118 valence electrons. The molecular formula is C15H11F2N3OS2. The van der Waals surface area contributed by atoms with E-state index in [9.17, 15) is 13.6 Å². The van der Waals surface area contributed by atoms with Crippen molar-refractivity contribution in [1.82, 2.24) is 15.2 Å². The zero-order valence-electron chi connectivity index (χ0n) is 11.9. The third kappa shape index (κ3) is 3.48. The first-order valence-corrected chi connectivity index (χ1v) is 8.42. The molecule has 0 spiro atoms. The van der Waals surface area contributed by atoms with Gasteiger partial charge in [-0.15, -0.1) is 16.4 Å². The molecule has 0 fully saturated rings. The van der Waals surface area contributed by atoms with Gasteiger partial charge in [0.15, 0.2) is 11.6 Å². The first-order chi connectivity index (χ1) is 11.0. The topological polar surface area (TPSA) is 58.6 Å². The van der Waals surface area contributed by atoms with E-state index in [1.807, 2.05) is 17.5 Å². The largest absolute Gasteiger partial charge is 0.293 e. The van der Waals surface area contributed by atoms with E-state index >= 15 is 0 Å². The monoisotopic (exact) mass is 351 g/mol. The molecule has 1 N–H and O–H groups in total. The number of carbonyl (C=O) groups is 1. The predicted octanol–water partition coefficient (Wildman–Crippen LogP) is 4.17. The number of aromatic nitrogens is 3. The van der Waals surface area contributed by atoms with E-state index in [4.69, 9.17) is 0 Å². The summed E-state index contributed by atoms with van der Waals surface area (Å²) in [5, 5.41) is 8.59. The van der Waals surface area contributed by atoms with Gasteiger partial charge in [-0.1, -0.05) is 17.8 Å². The Morgan fingerprint density at radius 1 is 1.35 bits per heavy atom. The number of hydrogen-bond acceptors (Lipinski definition) is 5. The summed E-state index contributed by atoms with van der Waals surface area (Å²) in [5.41, 5.74) is -0.139. The Morgan fingerprint density at radius 3 is 2.87 bits per heavy atom. The maximum Gasteiger partial charge on any atom is 0.209 e. The van der Waals surface area contributed by atoms with Crippen molar-refractivity contribution in [3.05, 3.63) is 52.9 Å². The Kier molecular flexibility index (Phi) is 4.53. The number of aromatic amines is 1. The zero-order valence-corrected chi connectivity index (χ0v) is 13.5. The summed E-state index contributed by atoms with van der Waals surface area (Å²) >= 11 is 2.64. The molecule has 0 aliphatic carbocycles. The molecule has 4 nitrogen and oxygen atoms in total. The van der Waals surface area contributed by atoms with Crippen molar-refractivity contribution in [2.75, 3.05) is 0 Å². The van der Waals surface area contributed by atoms with Crippen LogP contribution in [-0.4, -0.2) is 26.2 Å². The average molecular weight is 351 g/mol. The van der Waals surface area contributed by atoms with E-state index in [0.717, 1.165) is 28.8 Å². The summed E-state index contributed by atoms with van der Waals surface area (Å²) in [6.45, 7) is 1.64. The molecule has 23 heavy (non-hydrogen) atoms. The maximum atomic E-state index is 13.7. The smallest absolute Gasteiger partial charge is 0.209 e. The third-order valence-corrected chi connectivity index (χ3v) is 4.91. The number of rotatable bonds is 5. The second-order valence-electron chi connectivity index (χ2n) is 4.69. The number of halogens is 2. The average Bonchev–Trinajstić information content (AvgIpc) is 3.17. The summed E-state index contributed by atoms with van der Waals surface area (Å²) in [6.07, 6.45) is 0. The lowest BCUT2D eigenvalue weighted by atomic mass is 10.1. The van der Waals surface area contributed by atoms with E-state index in [1.54, 1.807) is 6.92 Å². The van der Waals surface area contributed by atoms with Crippen molar-refractivity contribution < 1.29 is 13.6 Å². The molecule has 0 aliphatic rings. The lowest BCUT2D eigenvalue weighted by Gasteiger charge is -2.08. The molecule has 1 aromatic carbocycles. The second kappa shape index (κ2) is 6.59. The Morgan fingerprint density at radius 2 is 2.17 bits per heavy atom. The highest BCUT2D eigenvalue weighted by atomic mass is 32.2. The highest BCUT2D eigenvalue weighted by Crippen LogP contribution is 2.27. The zero-order chi connectivity index (χ0) is 16.4. The van der Waals surface area contributed by atoms with Gasteiger partial charge >= 0.3 is 0 Å². The van der Waals surface area contributed by atoms with Crippen LogP contribution in [0.25, 0.3) is 10.7 Å². The van der Waals surface area contributed by atoms with Crippen LogP contribution in [0.4, 0.5) is 8.78 Å². The number of carbonyl (C=O) groups excluding carboxylic acids is 1. The molecule has 0 saturated carbocycles. The molecule has 0 amide bonds. The minimum absolute atomic E-state index is 0.139. The van der Waals surface area contributed by atoms with Gasteiger partial charge in [0, 0.05) is 6.07 Å². The Labute approximate surface area is 139 Å². The van der Waals surface area contributed by atoms with Crippen molar-refractivity contribution in [2.24, 2.45) is 0 Å². The van der Waals surface area contributed by atoms with Gasteiger partial charge in [-0.2, -0.15) is 0 Å². The van der Waals surface area contributed by atoms with E-state index in [2.05, 4.69) is 15.2 Å². The fourth-order valence-electron chi connectivity index (χ4n) is 1.94. The number of thiophene rings is 1. The maximum absolute atomic E-state index is 13.7. The van der Waals surface area contributed by atoms with Gasteiger partial charge in [0.2, 0.25) is 5.16 Å². The molecular weight excluding hydrogens is 340 g/mol. The van der Waals surface area contributed by atoms with Crippen LogP contribution in [-0.2, 0) is 0 Å². The number of ketones is 1. The van der Waals surface area contributed by atoms with Crippen molar-refractivity contribution in [3.63, 3.8) is 0 Å². The minimum Gasteiger partial charge on any atom is -0.293 e. The van der Waals surface area contributed by atoms with Crippen LogP contribution in [0, 0.1) is 11.6 Å². The van der Waals surface area contributed by atoms with Gasteiger partial charge in [0.25, 0.3) is 0 Å². The van der Waals surface area contributed by atoms with Gasteiger partial charge < -0.3 is 0 Å². The fourth-order valence-corrected chi connectivity index (χ4v) is 3.40. The highest BCUT2D eigenvalue weighted by Gasteiger charge is 2.22. The lowest BCUT2D eigenvalue weighted by molar-refractivity contribution is 0.0990. The molecule has 8 heteroatoms. The van der Waals surface area contributed by atoms with Crippen LogP contribution in [0.15, 0.2) is 40.9 Å². The van der Waals surface area contributed by atoms with Crippen molar-refractivity contribution in [3.8, 4) is 10.7 Å². The van der Waals surface area contributed by atoms with Crippen LogP contribution in [0.1, 0.15) is 17.3 Å². The number of Topliss-reactive ketones (excluding diaryl/α,β-unsaturated/α-hetero) is 1. The van der Waals surface area contributed by atoms with Crippen molar-refractivity contribution in [1.29, 1.82) is 0 Å². The lowest BCUT2D eigenvalue weighted by Crippen LogP contribution is -2.15. The van der Waals surface area contributed by atoms with Crippen LogP contribution in [0.5, 0.6) is 0 Å². The van der Waals surface area contributed by atoms with E-state index in [0.29, 0.717) is 17.0 Å². The van der Waals surface area contributed by atoms with E-state index in [-0.39, 0.29) is 5.56 Å². The van der Waals surface area contributed by atoms with Crippen molar-refractivity contribution >= 4 is 28.9 Å². The molecule has 1 atom stereocenters. The number of thioether (sulfide) groups is 1. The van der Waals surface area contributed by atoms with E-state index in [1.165, 1.54) is 11.3 Å². The summed E-state index contributed by atoms with van der Waals surface area (Å²) in [5.74, 6) is -1.39. The SMILES string of the molecule is CC(Sc1n[nH]c(-c2cccs2)n1)C(=O)c1ccc(F)cc1F. The Balaban J connectivity index is 1.74. The summed E-state index contributed by atoms with van der Waals surface area (Å²) in [7, 11) is 0. The molecule has 2 aromatic heterocycles. The summed E-state index contributed by atoms with van der Waals surface area (Å²) in [4.78, 5) is 17.5. The van der Waals surface area contributed by atoms with Crippen LogP contribution < -0.4 is 0 Å². The summed E-state index contributed by atoms with van der Waals surface area (Å²) in [6, 6.07) is 6.72. The van der Waals surface area contributed by atoms with Crippen molar-refractivity contribution in [2.45, 2.75) is 17.3 Å². The second-order valence-corrected chi connectivity index (χ2v) is 6.95. The fraction of sp³-hybridized carbons (Fsp3) is 0.133. The van der Waals surface area contributed by atoms with Gasteiger partial charge in [0.05, 0.1) is 15.7 Å². The molecule has 2 heterocycles. The third-order valence-electron chi connectivity index (χ3n) is 3.07. The quantitative estimate of drug-likeness (QED) is 0.553. The summed E-state index contributed by atoms with van der Waals surface area (Å²) < 4.78 is 26.6. The Bertz CT molecular complexity index is 833. The molecule has 0 aliphatic heterocycles. The Hall–Kier alpha value is -2.06. The first kappa shape index (κ1) is 15.8. The molecule has 0 saturated heterocycles.